The fourth-order valence-electron chi connectivity index (χ4n) is 3.02. The Morgan fingerprint density at radius 2 is 2.00 bits per heavy atom. The first-order chi connectivity index (χ1) is 12.0. The van der Waals surface area contributed by atoms with Crippen LogP contribution in [0.5, 0.6) is 5.75 Å². The van der Waals surface area contributed by atoms with Gasteiger partial charge in [0.1, 0.15) is 5.75 Å². The van der Waals surface area contributed by atoms with Crippen LogP contribution in [0.2, 0.25) is 0 Å². The van der Waals surface area contributed by atoms with Gasteiger partial charge in [0.25, 0.3) is 0 Å². The summed E-state index contributed by atoms with van der Waals surface area (Å²) in [5, 5.41) is 2.91. The molecule has 1 saturated heterocycles. The highest BCUT2D eigenvalue weighted by atomic mass is 16.5. The maximum absolute atomic E-state index is 12.4. The summed E-state index contributed by atoms with van der Waals surface area (Å²) in [4.78, 5) is 26.4. The third-order valence-corrected chi connectivity index (χ3v) is 4.40. The molecule has 25 heavy (non-hydrogen) atoms. The molecule has 2 amide bonds. The highest BCUT2D eigenvalue weighted by Gasteiger charge is 2.34. The first-order valence-electron chi connectivity index (χ1n) is 8.33. The van der Waals surface area contributed by atoms with Crippen LogP contribution in [0.15, 0.2) is 48.5 Å². The summed E-state index contributed by atoms with van der Waals surface area (Å²) in [5.74, 6) is 0.384. The standard InChI is InChI=1S/C20H22N2O3/c1-14-4-3-5-17(10-14)21-20(24)16-11-19(23)22(13-16)12-15-6-8-18(25-2)9-7-15/h3-10,16H,11-13H2,1-2H3,(H,21,24)/t16-/m1/s1. The quantitative estimate of drug-likeness (QED) is 0.912. The number of ether oxygens (including phenoxy) is 1. The monoisotopic (exact) mass is 338 g/mol. The normalized spacial score (nSPS) is 16.8. The van der Waals surface area contributed by atoms with Crippen LogP contribution in [0.3, 0.4) is 0 Å². The van der Waals surface area contributed by atoms with E-state index in [2.05, 4.69) is 5.32 Å². The van der Waals surface area contributed by atoms with Crippen molar-refractivity contribution in [2.24, 2.45) is 5.92 Å². The number of hydrogen-bond donors (Lipinski definition) is 1. The van der Waals surface area contributed by atoms with Crippen molar-refractivity contribution < 1.29 is 14.3 Å². The minimum Gasteiger partial charge on any atom is -0.497 e. The number of likely N-dealkylation sites (tertiary alicyclic amines) is 1. The van der Waals surface area contributed by atoms with E-state index in [1.165, 1.54) is 0 Å². The zero-order valence-corrected chi connectivity index (χ0v) is 14.5. The van der Waals surface area contributed by atoms with E-state index < -0.39 is 0 Å². The van der Waals surface area contributed by atoms with E-state index in [9.17, 15) is 9.59 Å². The van der Waals surface area contributed by atoms with E-state index >= 15 is 0 Å². The molecule has 130 valence electrons. The van der Waals surface area contributed by atoms with Gasteiger partial charge in [0.05, 0.1) is 13.0 Å². The average molecular weight is 338 g/mol. The molecule has 2 aromatic rings. The number of rotatable bonds is 5. The van der Waals surface area contributed by atoms with Gasteiger partial charge in [-0.15, -0.1) is 0 Å². The van der Waals surface area contributed by atoms with Crippen molar-refractivity contribution in [3.05, 3.63) is 59.7 Å². The molecule has 0 bridgehead atoms. The molecule has 3 rings (SSSR count). The minimum absolute atomic E-state index is 0.0141. The fraction of sp³-hybridized carbons (Fsp3) is 0.300. The Balaban J connectivity index is 1.60. The van der Waals surface area contributed by atoms with Gasteiger partial charge in [-0.3, -0.25) is 9.59 Å². The lowest BCUT2D eigenvalue weighted by Crippen LogP contribution is -2.28. The number of carbonyl (C=O) groups is 2. The number of aryl methyl sites for hydroxylation is 1. The molecule has 1 atom stereocenters. The van der Waals surface area contributed by atoms with Gasteiger partial charge in [-0.1, -0.05) is 24.3 Å². The number of hydrogen-bond acceptors (Lipinski definition) is 3. The Labute approximate surface area is 147 Å². The van der Waals surface area contributed by atoms with Crippen LogP contribution in [-0.2, 0) is 16.1 Å². The summed E-state index contributed by atoms with van der Waals surface area (Å²) >= 11 is 0. The van der Waals surface area contributed by atoms with Crippen LogP contribution in [-0.4, -0.2) is 30.4 Å². The molecule has 5 heteroatoms. The number of nitrogens with zero attached hydrogens (tertiary/aromatic N) is 1. The summed E-state index contributed by atoms with van der Waals surface area (Å²) in [6.07, 6.45) is 0.258. The maximum atomic E-state index is 12.4. The number of amides is 2. The van der Waals surface area contributed by atoms with Crippen molar-refractivity contribution in [1.29, 1.82) is 0 Å². The Bertz CT molecular complexity index is 771. The SMILES string of the molecule is COc1ccc(CN2C[C@H](C(=O)Nc3cccc(C)c3)CC2=O)cc1. The number of methoxy groups -OCH3 is 1. The summed E-state index contributed by atoms with van der Waals surface area (Å²) in [6, 6.07) is 15.3. The third-order valence-electron chi connectivity index (χ3n) is 4.40. The number of benzene rings is 2. The van der Waals surface area contributed by atoms with Crippen molar-refractivity contribution in [2.75, 3.05) is 19.0 Å². The largest absolute Gasteiger partial charge is 0.497 e. The minimum atomic E-state index is -0.314. The topological polar surface area (TPSA) is 58.6 Å². The number of nitrogens with one attached hydrogen (secondary N) is 1. The highest BCUT2D eigenvalue weighted by molar-refractivity contribution is 5.97. The van der Waals surface area contributed by atoms with E-state index in [-0.39, 0.29) is 24.2 Å². The molecule has 1 N–H and O–H groups in total. The summed E-state index contributed by atoms with van der Waals surface area (Å²) in [7, 11) is 1.62. The first kappa shape index (κ1) is 17.0. The average Bonchev–Trinajstić information content (AvgIpc) is 2.96. The summed E-state index contributed by atoms with van der Waals surface area (Å²) in [6.45, 7) is 2.94. The summed E-state index contributed by atoms with van der Waals surface area (Å²) < 4.78 is 5.14. The third kappa shape index (κ3) is 4.18. The fourth-order valence-corrected chi connectivity index (χ4v) is 3.02. The molecule has 5 nitrogen and oxygen atoms in total. The number of anilines is 1. The summed E-state index contributed by atoms with van der Waals surface area (Å²) in [5.41, 5.74) is 2.88. The second-order valence-electron chi connectivity index (χ2n) is 6.38. The molecule has 1 aliphatic heterocycles. The van der Waals surface area contributed by atoms with Gasteiger partial charge in [-0.05, 0) is 42.3 Å². The Morgan fingerprint density at radius 3 is 2.68 bits per heavy atom. The van der Waals surface area contributed by atoms with Crippen LogP contribution in [0.25, 0.3) is 0 Å². The predicted octanol–water partition coefficient (Wildman–Crippen LogP) is 2.99. The van der Waals surface area contributed by atoms with E-state index in [0.717, 1.165) is 22.6 Å². The Kier molecular flexibility index (Phi) is 5.03. The second kappa shape index (κ2) is 7.38. The second-order valence-corrected chi connectivity index (χ2v) is 6.38. The molecule has 0 radical (unpaired) electrons. The van der Waals surface area contributed by atoms with Gasteiger partial charge in [0.15, 0.2) is 0 Å². The van der Waals surface area contributed by atoms with E-state index in [1.807, 2.05) is 55.5 Å². The van der Waals surface area contributed by atoms with Crippen LogP contribution < -0.4 is 10.1 Å². The molecule has 1 fully saturated rings. The predicted molar refractivity (Wildman–Crippen MR) is 96.3 cm³/mol. The lowest BCUT2D eigenvalue weighted by Gasteiger charge is -2.17. The van der Waals surface area contributed by atoms with Crippen molar-refractivity contribution >= 4 is 17.5 Å². The van der Waals surface area contributed by atoms with E-state index in [1.54, 1.807) is 12.0 Å². The van der Waals surface area contributed by atoms with Crippen LogP contribution in [0.1, 0.15) is 17.5 Å². The van der Waals surface area contributed by atoms with Crippen LogP contribution in [0, 0.1) is 12.8 Å². The maximum Gasteiger partial charge on any atom is 0.229 e. The smallest absolute Gasteiger partial charge is 0.229 e. The highest BCUT2D eigenvalue weighted by Crippen LogP contribution is 2.23. The van der Waals surface area contributed by atoms with Gasteiger partial charge < -0.3 is 15.0 Å². The lowest BCUT2D eigenvalue weighted by molar-refractivity contribution is -0.128. The van der Waals surface area contributed by atoms with Crippen LogP contribution >= 0.6 is 0 Å². The zero-order chi connectivity index (χ0) is 17.8. The van der Waals surface area contributed by atoms with Gasteiger partial charge in [-0.25, -0.2) is 0 Å². The van der Waals surface area contributed by atoms with Gasteiger partial charge in [0, 0.05) is 25.2 Å². The molecule has 0 spiro atoms. The molecular formula is C20H22N2O3. The molecule has 0 saturated carbocycles. The molecule has 0 aliphatic carbocycles. The van der Waals surface area contributed by atoms with Crippen molar-refractivity contribution in [1.82, 2.24) is 4.90 Å². The molecule has 0 aromatic heterocycles. The van der Waals surface area contributed by atoms with Crippen molar-refractivity contribution in [2.45, 2.75) is 19.9 Å². The molecule has 1 heterocycles. The molecule has 0 unspecified atom stereocenters. The van der Waals surface area contributed by atoms with E-state index in [4.69, 9.17) is 4.74 Å². The van der Waals surface area contributed by atoms with Crippen LogP contribution in [0.4, 0.5) is 5.69 Å². The number of carbonyl (C=O) groups excluding carboxylic acids is 2. The van der Waals surface area contributed by atoms with Crippen molar-refractivity contribution in [3.63, 3.8) is 0 Å². The Hall–Kier alpha value is -2.82. The van der Waals surface area contributed by atoms with Crippen molar-refractivity contribution in [3.8, 4) is 5.75 Å². The zero-order valence-electron chi connectivity index (χ0n) is 14.5. The van der Waals surface area contributed by atoms with Gasteiger partial charge in [0.2, 0.25) is 11.8 Å². The molecule has 1 aliphatic rings. The van der Waals surface area contributed by atoms with E-state index in [0.29, 0.717) is 13.1 Å². The van der Waals surface area contributed by atoms with Gasteiger partial charge in [-0.2, -0.15) is 0 Å². The molecular weight excluding hydrogens is 316 g/mol. The van der Waals surface area contributed by atoms with Gasteiger partial charge >= 0.3 is 0 Å². The first-order valence-corrected chi connectivity index (χ1v) is 8.33. The Morgan fingerprint density at radius 1 is 1.24 bits per heavy atom. The lowest BCUT2D eigenvalue weighted by atomic mass is 10.1. The molecule has 2 aromatic carbocycles.